The van der Waals surface area contributed by atoms with Crippen molar-refractivity contribution in [1.82, 2.24) is 13.5 Å². The lowest BCUT2D eigenvalue weighted by molar-refractivity contribution is -0.132. The number of piperazine rings is 1. The summed E-state index contributed by atoms with van der Waals surface area (Å²) in [6, 6.07) is 9.99. The van der Waals surface area contributed by atoms with Crippen molar-refractivity contribution in [3.05, 3.63) is 35.9 Å². The van der Waals surface area contributed by atoms with Gasteiger partial charge in [0.15, 0.2) is 0 Å². The lowest BCUT2D eigenvalue weighted by atomic mass is 9.97. The number of amides is 1. The van der Waals surface area contributed by atoms with Gasteiger partial charge in [0.05, 0.1) is 12.2 Å². The molecule has 156 valence electrons. The zero-order chi connectivity index (χ0) is 20.3. The summed E-state index contributed by atoms with van der Waals surface area (Å²) in [7, 11) is -3.52. The van der Waals surface area contributed by atoms with Crippen molar-refractivity contribution in [3.8, 4) is 0 Å². The van der Waals surface area contributed by atoms with Crippen LogP contribution in [0.3, 0.4) is 0 Å². The summed E-state index contributed by atoms with van der Waals surface area (Å²) in [5.41, 5.74) is 1.15. The van der Waals surface area contributed by atoms with Gasteiger partial charge < -0.3 is 9.64 Å². The molecule has 8 heteroatoms. The predicted octanol–water partition coefficient (Wildman–Crippen LogP) is 1.68. The first-order valence-electron chi connectivity index (χ1n) is 10.0. The molecule has 0 unspecified atom stereocenters. The lowest BCUT2D eigenvalue weighted by Gasteiger charge is -2.40. The molecule has 0 aromatic heterocycles. The molecule has 2 aliphatic heterocycles. The molecule has 7 nitrogen and oxygen atoms in total. The van der Waals surface area contributed by atoms with E-state index in [-0.39, 0.29) is 24.0 Å². The number of rotatable bonds is 5. The van der Waals surface area contributed by atoms with E-state index >= 15 is 0 Å². The van der Waals surface area contributed by atoms with Crippen molar-refractivity contribution in [2.75, 3.05) is 39.3 Å². The Balaban J connectivity index is 1.54. The average molecular weight is 410 g/mol. The Kier molecular flexibility index (Phi) is 6.75. The molecule has 1 amide bonds. The van der Waals surface area contributed by atoms with Crippen molar-refractivity contribution in [3.63, 3.8) is 0 Å². The van der Waals surface area contributed by atoms with Crippen LogP contribution in [0.1, 0.15) is 38.7 Å². The topological polar surface area (TPSA) is 70.2 Å². The second-order valence-electron chi connectivity index (χ2n) is 7.88. The van der Waals surface area contributed by atoms with E-state index in [0.717, 1.165) is 5.56 Å². The van der Waals surface area contributed by atoms with Crippen LogP contribution in [0, 0.1) is 0 Å². The van der Waals surface area contributed by atoms with Gasteiger partial charge in [0, 0.05) is 45.7 Å². The highest BCUT2D eigenvalue weighted by Crippen LogP contribution is 2.22. The molecule has 2 heterocycles. The van der Waals surface area contributed by atoms with Crippen LogP contribution in [-0.2, 0) is 19.7 Å². The highest BCUT2D eigenvalue weighted by Gasteiger charge is 2.37. The number of benzene rings is 1. The van der Waals surface area contributed by atoms with E-state index in [2.05, 4.69) is 6.92 Å². The number of hydrogen-bond acceptors (Lipinski definition) is 4. The number of hydrogen-bond donors (Lipinski definition) is 0. The molecule has 0 N–H and O–H groups in total. The monoisotopic (exact) mass is 409 g/mol. The van der Waals surface area contributed by atoms with Crippen molar-refractivity contribution in [2.24, 2.45) is 0 Å². The lowest BCUT2D eigenvalue weighted by Crippen LogP contribution is -2.57. The molecule has 1 aromatic carbocycles. The Labute approximate surface area is 168 Å². The van der Waals surface area contributed by atoms with E-state index in [0.29, 0.717) is 45.7 Å². The minimum Gasteiger partial charge on any atom is -0.373 e. The van der Waals surface area contributed by atoms with Gasteiger partial charge in [-0.05, 0) is 25.3 Å². The highest BCUT2D eigenvalue weighted by molar-refractivity contribution is 7.86. The first-order valence-corrected chi connectivity index (χ1v) is 11.4. The summed E-state index contributed by atoms with van der Waals surface area (Å²) >= 11 is 0. The number of nitrogens with zero attached hydrogens (tertiary/aromatic N) is 3. The van der Waals surface area contributed by atoms with Gasteiger partial charge in [0.1, 0.15) is 0 Å². The standard InChI is InChI=1S/C20H31N3O4S/c1-16(19-7-5-4-6-8-19)13-20(24)21-9-11-22(12-10-21)28(25,26)23-14-17(2)27-18(3)15-23/h4-8,16-18H,9-15H2,1-3H3/t16-,17-,18+/m1/s1. The van der Waals surface area contributed by atoms with E-state index in [1.54, 1.807) is 4.90 Å². The summed E-state index contributed by atoms with van der Waals surface area (Å²) in [6.07, 6.45) is 0.219. The Morgan fingerprint density at radius 2 is 1.61 bits per heavy atom. The zero-order valence-corrected chi connectivity index (χ0v) is 17.8. The fraction of sp³-hybridized carbons (Fsp3) is 0.650. The Hall–Kier alpha value is -1.48. The van der Waals surface area contributed by atoms with Crippen LogP contribution in [0.2, 0.25) is 0 Å². The highest BCUT2D eigenvalue weighted by atomic mass is 32.2. The summed E-state index contributed by atoms with van der Waals surface area (Å²) < 4.78 is 34.6. The van der Waals surface area contributed by atoms with Gasteiger partial charge in [-0.25, -0.2) is 0 Å². The second-order valence-corrected chi connectivity index (χ2v) is 9.81. The number of morpholine rings is 1. The predicted molar refractivity (Wildman–Crippen MR) is 108 cm³/mol. The van der Waals surface area contributed by atoms with Gasteiger partial charge in [-0.3, -0.25) is 4.79 Å². The van der Waals surface area contributed by atoms with Crippen LogP contribution in [-0.4, -0.2) is 79.3 Å². The maximum absolute atomic E-state index is 13.0. The molecular formula is C20H31N3O4S. The molecule has 0 spiro atoms. The molecule has 2 saturated heterocycles. The Bertz CT molecular complexity index is 753. The van der Waals surface area contributed by atoms with E-state index in [4.69, 9.17) is 4.74 Å². The fourth-order valence-electron chi connectivity index (χ4n) is 3.94. The van der Waals surface area contributed by atoms with Crippen LogP contribution < -0.4 is 0 Å². The largest absolute Gasteiger partial charge is 0.373 e. The molecule has 1 aromatic rings. The molecule has 0 saturated carbocycles. The third-order valence-electron chi connectivity index (χ3n) is 5.48. The Morgan fingerprint density at radius 1 is 1.04 bits per heavy atom. The van der Waals surface area contributed by atoms with Gasteiger partial charge in [-0.1, -0.05) is 37.3 Å². The van der Waals surface area contributed by atoms with Crippen LogP contribution in [0.4, 0.5) is 0 Å². The SMILES string of the molecule is C[C@@H]1CN(S(=O)(=O)N2CCN(C(=O)C[C@@H](C)c3ccccc3)CC2)C[C@H](C)O1. The molecule has 3 atom stereocenters. The van der Waals surface area contributed by atoms with Gasteiger partial charge in [-0.15, -0.1) is 0 Å². The third kappa shape index (κ3) is 4.92. The van der Waals surface area contributed by atoms with Crippen LogP contribution in [0.15, 0.2) is 30.3 Å². The molecule has 2 fully saturated rings. The minimum absolute atomic E-state index is 0.0852. The number of ether oxygens (including phenoxy) is 1. The molecular weight excluding hydrogens is 378 g/mol. The smallest absolute Gasteiger partial charge is 0.282 e. The molecule has 28 heavy (non-hydrogen) atoms. The quantitative estimate of drug-likeness (QED) is 0.742. The van der Waals surface area contributed by atoms with Gasteiger partial charge in [0.25, 0.3) is 10.2 Å². The zero-order valence-electron chi connectivity index (χ0n) is 17.0. The van der Waals surface area contributed by atoms with Gasteiger partial charge in [-0.2, -0.15) is 17.0 Å². The maximum atomic E-state index is 13.0. The summed E-state index contributed by atoms with van der Waals surface area (Å²) in [4.78, 5) is 14.4. The van der Waals surface area contributed by atoms with Crippen molar-refractivity contribution in [2.45, 2.75) is 45.3 Å². The molecule has 0 bridgehead atoms. The Morgan fingerprint density at radius 3 is 2.18 bits per heavy atom. The van der Waals surface area contributed by atoms with Crippen LogP contribution in [0.5, 0.6) is 0 Å². The molecule has 3 rings (SSSR count). The normalized spacial score (nSPS) is 26.2. The first kappa shape index (κ1) is 21.2. The van der Waals surface area contributed by atoms with E-state index in [1.165, 1.54) is 8.61 Å². The third-order valence-corrected chi connectivity index (χ3v) is 7.45. The average Bonchev–Trinajstić information content (AvgIpc) is 2.68. The van der Waals surface area contributed by atoms with Crippen LogP contribution >= 0.6 is 0 Å². The molecule has 2 aliphatic rings. The fourth-order valence-corrected chi connectivity index (χ4v) is 5.69. The van der Waals surface area contributed by atoms with Gasteiger partial charge in [0.2, 0.25) is 5.91 Å². The van der Waals surface area contributed by atoms with E-state index in [1.807, 2.05) is 44.2 Å². The maximum Gasteiger partial charge on any atom is 0.282 e. The van der Waals surface area contributed by atoms with Gasteiger partial charge >= 0.3 is 0 Å². The summed E-state index contributed by atoms with van der Waals surface area (Å²) in [5, 5.41) is 0. The number of carbonyl (C=O) groups is 1. The van der Waals surface area contributed by atoms with Crippen molar-refractivity contribution in [1.29, 1.82) is 0 Å². The first-order chi connectivity index (χ1) is 13.3. The van der Waals surface area contributed by atoms with E-state index < -0.39 is 10.2 Å². The minimum atomic E-state index is -3.52. The summed E-state index contributed by atoms with van der Waals surface area (Å²) in [5.74, 6) is 0.230. The molecule has 0 radical (unpaired) electrons. The summed E-state index contributed by atoms with van der Waals surface area (Å²) in [6.45, 7) is 8.15. The van der Waals surface area contributed by atoms with Crippen molar-refractivity contribution < 1.29 is 17.9 Å². The second kappa shape index (κ2) is 8.90. The van der Waals surface area contributed by atoms with Crippen LogP contribution in [0.25, 0.3) is 0 Å². The van der Waals surface area contributed by atoms with Crippen molar-refractivity contribution >= 4 is 16.1 Å². The number of carbonyl (C=O) groups excluding carboxylic acids is 1. The van der Waals surface area contributed by atoms with E-state index in [9.17, 15) is 13.2 Å². The molecule has 0 aliphatic carbocycles.